The van der Waals surface area contributed by atoms with E-state index in [0.717, 1.165) is 12.1 Å². The quantitative estimate of drug-likeness (QED) is 0.343. The Morgan fingerprint density at radius 3 is 2.57 bits per heavy atom. The van der Waals surface area contributed by atoms with Crippen LogP contribution in [0.4, 0.5) is 17.6 Å². The van der Waals surface area contributed by atoms with Gasteiger partial charge in [-0.15, -0.1) is 0 Å². The summed E-state index contributed by atoms with van der Waals surface area (Å²) in [6.45, 7) is 2.95. The van der Waals surface area contributed by atoms with Gasteiger partial charge in [0, 0.05) is 44.2 Å². The number of halogens is 4. The molecule has 186 valence electrons. The smallest absolute Gasteiger partial charge is 0.416 e. The predicted molar refractivity (Wildman–Crippen MR) is 118 cm³/mol. The lowest BCUT2D eigenvalue weighted by Gasteiger charge is -2.34. The summed E-state index contributed by atoms with van der Waals surface area (Å²) in [4.78, 5) is 20.5. The molecule has 3 aromatic rings. The number of hydrogen-bond acceptors (Lipinski definition) is 6. The Bertz CT molecular complexity index is 1140. The van der Waals surface area contributed by atoms with Crippen molar-refractivity contribution in [3.05, 3.63) is 65.8 Å². The molecule has 0 spiro atoms. The first-order chi connectivity index (χ1) is 16.8. The lowest BCUT2D eigenvalue weighted by atomic mass is 10.1. The summed E-state index contributed by atoms with van der Waals surface area (Å²) < 4.78 is 62.7. The van der Waals surface area contributed by atoms with Crippen LogP contribution in [0.5, 0.6) is 5.75 Å². The lowest BCUT2D eigenvalue weighted by Crippen LogP contribution is -2.48. The molecular weight excluding hydrogens is 468 g/mol. The Hall–Kier alpha value is -3.47. The lowest BCUT2D eigenvalue weighted by molar-refractivity contribution is -0.137. The monoisotopic (exact) mass is 492 g/mol. The molecule has 7 nitrogen and oxygen atoms in total. The molecule has 0 N–H and O–H groups in total. The zero-order chi connectivity index (χ0) is 24.8. The van der Waals surface area contributed by atoms with Crippen molar-refractivity contribution in [1.29, 1.82) is 0 Å². The Balaban J connectivity index is 1.20. The van der Waals surface area contributed by atoms with Crippen LogP contribution in [-0.4, -0.2) is 58.6 Å². The van der Waals surface area contributed by atoms with E-state index in [9.17, 15) is 22.4 Å². The van der Waals surface area contributed by atoms with Crippen molar-refractivity contribution in [2.75, 3.05) is 32.8 Å². The molecule has 1 fully saturated rings. The normalized spacial score (nSPS) is 14.8. The summed E-state index contributed by atoms with van der Waals surface area (Å²) >= 11 is 0. The molecule has 0 unspecified atom stereocenters. The average molecular weight is 492 g/mol. The summed E-state index contributed by atoms with van der Waals surface area (Å²) in [5.74, 6) is 0.483. The van der Waals surface area contributed by atoms with E-state index in [1.807, 2.05) is 4.90 Å². The molecule has 1 aliphatic heterocycles. The van der Waals surface area contributed by atoms with Gasteiger partial charge < -0.3 is 14.2 Å². The van der Waals surface area contributed by atoms with Crippen LogP contribution in [0.15, 0.2) is 53.1 Å². The summed E-state index contributed by atoms with van der Waals surface area (Å²) in [5.41, 5.74) is -0.547. The highest BCUT2D eigenvalue weighted by atomic mass is 19.4. The standard InChI is InChI=1S/C24H24F4N4O3/c25-19-6-2-7-20(15-19)34-13-3-8-22(33)32-11-9-31(10-12-32)16-21-29-23(30-35-21)17-4-1-5-18(14-17)24(26,27)28/h1-2,4-7,14-15H,3,8-13,16H2. The van der Waals surface area contributed by atoms with Crippen LogP contribution in [0.3, 0.4) is 0 Å². The maximum atomic E-state index is 13.2. The van der Waals surface area contributed by atoms with Gasteiger partial charge in [0.05, 0.1) is 18.7 Å². The van der Waals surface area contributed by atoms with E-state index in [4.69, 9.17) is 9.26 Å². The molecule has 2 aromatic carbocycles. The van der Waals surface area contributed by atoms with Crippen LogP contribution in [-0.2, 0) is 17.5 Å². The summed E-state index contributed by atoms with van der Waals surface area (Å²) in [7, 11) is 0. The SMILES string of the molecule is O=C(CCCOc1cccc(F)c1)N1CCN(Cc2nc(-c3cccc(C(F)(F)F)c3)no2)CC1. The number of rotatable bonds is 8. The minimum atomic E-state index is -4.45. The van der Waals surface area contributed by atoms with Crippen molar-refractivity contribution in [3.63, 3.8) is 0 Å². The molecule has 0 atom stereocenters. The first kappa shape index (κ1) is 24.6. The number of amides is 1. The second kappa shape index (κ2) is 10.9. The van der Waals surface area contributed by atoms with Crippen molar-refractivity contribution in [1.82, 2.24) is 19.9 Å². The summed E-state index contributed by atoms with van der Waals surface area (Å²) in [6, 6.07) is 10.6. The summed E-state index contributed by atoms with van der Waals surface area (Å²) in [6.07, 6.45) is -3.59. The molecule has 0 radical (unpaired) electrons. The Morgan fingerprint density at radius 2 is 1.83 bits per heavy atom. The van der Waals surface area contributed by atoms with Crippen molar-refractivity contribution >= 4 is 5.91 Å². The Labute approximate surface area is 199 Å². The number of benzene rings is 2. The van der Waals surface area contributed by atoms with Crippen molar-refractivity contribution in [2.24, 2.45) is 0 Å². The van der Waals surface area contributed by atoms with Crippen LogP contribution in [0.2, 0.25) is 0 Å². The fraction of sp³-hybridized carbons (Fsp3) is 0.375. The molecule has 2 heterocycles. The van der Waals surface area contributed by atoms with Crippen molar-refractivity contribution in [2.45, 2.75) is 25.6 Å². The van der Waals surface area contributed by atoms with E-state index in [1.165, 1.54) is 24.3 Å². The van der Waals surface area contributed by atoms with Gasteiger partial charge in [-0.25, -0.2) is 4.39 Å². The van der Waals surface area contributed by atoms with E-state index in [-0.39, 0.29) is 23.1 Å². The highest BCUT2D eigenvalue weighted by Gasteiger charge is 2.31. The number of carbonyl (C=O) groups is 1. The largest absolute Gasteiger partial charge is 0.493 e. The van der Waals surface area contributed by atoms with Gasteiger partial charge in [0.2, 0.25) is 17.6 Å². The number of alkyl halides is 3. The second-order valence-corrected chi connectivity index (χ2v) is 8.16. The van der Waals surface area contributed by atoms with Gasteiger partial charge in [0.1, 0.15) is 11.6 Å². The van der Waals surface area contributed by atoms with E-state index in [0.29, 0.717) is 63.8 Å². The average Bonchev–Trinajstić information content (AvgIpc) is 3.30. The van der Waals surface area contributed by atoms with Gasteiger partial charge in [0.15, 0.2) is 0 Å². The Kier molecular flexibility index (Phi) is 7.64. The van der Waals surface area contributed by atoms with E-state index in [1.54, 1.807) is 17.0 Å². The molecule has 1 aliphatic rings. The number of ether oxygens (including phenoxy) is 1. The zero-order valence-corrected chi connectivity index (χ0v) is 18.8. The molecule has 35 heavy (non-hydrogen) atoms. The minimum absolute atomic E-state index is 0.0251. The van der Waals surface area contributed by atoms with E-state index < -0.39 is 11.7 Å². The molecule has 0 aliphatic carbocycles. The topological polar surface area (TPSA) is 71.7 Å². The van der Waals surface area contributed by atoms with Crippen LogP contribution in [0, 0.1) is 5.82 Å². The van der Waals surface area contributed by atoms with Gasteiger partial charge in [-0.2, -0.15) is 18.2 Å². The van der Waals surface area contributed by atoms with Gasteiger partial charge in [-0.3, -0.25) is 9.69 Å². The number of carbonyl (C=O) groups excluding carboxylic acids is 1. The Morgan fingerprint density at radius 1 is 1.06 bits per heavy atom. The first-order valence-electron chi connectivity index (χ1n) is 11.2. The van der Waals surface area contributed by atoms with Crippen LogP contribution in [0.25, 0.3) is 11.4 Å². The molecule has 0 bridgehead atoms. The number of aromatic nitrogens is 2. The van der Waals surface area contributed by atoms with Gasteiger partial charge in [-0.05, 0) is 30.7 Å². The molecular formula is C24H24F4N4O3. The van der Waals surface area contributed by atoms with Gasteiger partial charge >= 0.3 is 6.18 Å². The third-order valence-corrected chi connectivity index (χ3v) is 5.60. The first-order valence-corrected chi connectivity index (χ1v) is 11.2. The number of hydrogen-bond donors (Lipinski definition) is 0. The van der Waals surface area contributed by atoms with Crippen LogP contribution < -0.4 is 4.74 Å². The molecule has 1 amide bonds. The zero-order valence-electron chi connectivity index (χ0n) is 18.8. The maximum Gasteiger partial charge on any atom is 0.416 e. The third-order valence-electron chi connectivity index (χ3n) is 5.60. The van der Waals surface area contributed by atoms with Crippen molar-refractivity contribution < 1.29 is 31.6 Å². The van der Waals surface area contributed by atoms with E-state index in [2.05, 4.69) is 10.1 Å². The maximum absolute atomic E-state index is 13.2. The van der Waals surface area contributed by atoms with Crippen LogP contribution in [0.1, 0.15) is 24.3 Å². The van der Waals surface area contributed by atoms with Gasteiger partial charge in [0.25, 0.3) is 0 Å². The molecule has 1 aromatic heterocycles. The molecule has 11 heteroatoms. The number of nitrogens with zero attached hydrogens (tertiary/aromatic N) is 4. The second-order valence-electron chi connectivity index (χ2n) is 8.16. The fourth-order valence-corrected chi connectivity index (χ4v) is 3.75. The highest BCUT2D eigenvalue weighted by molar-refractivity contribution is 5.76. The molecule has 1 saturated heterocycles. The van der Waals surface area contributed by atoms with Crippen molar-refractivity contribution in [3.8, 4) is 17.1 Å². The van der Waals surface area contributed by atoms with Gasteiger partial charge in [-0.1, -0.05) is 23.4 Å². The predicted octanol–water partition coefficient (Wildman–Crippen LogP) is 4.40. The van der Waals surface area contributed by atoms with Crippen LogP contribution >= 0.6 is 0 Å². The molecule has 4 rings (SSSR count). The fourth-order valence-electron chi connectivity index (χ4n) is 3.75. The number of piperazine rings is 1. The minimum Gasteiger partial charge on any atom is -0.493 e. The third kappa shape index (κ3) is 6.78. The van der Waals surface area contributed by atoms with E-state index >= 15 is 0 Å². The molecule has 0 saturated carbocycles. The summed E-state index contributed by atoms with van der Waals surface area (Å²) in [5, 5.41) is 3.81. The highest BCUT2D eigenvalue weighted by Crippen LogP contribution is 2.31.